The van der Waals surface area contributed by atoms with Crippen LogP contribution >= 0.6 is 24.0 Å². The second-order valence-electron chi connectivity index (χ2n) is 7.50. The van der Waals surface area contributed by atoms with Crippen molar-refractivity contribution in [1.29, 1.82) is 0 Å². The molecular weight excluding hydrogens is 445 g/mol. The molecule has 0 aromatic heterocycles. The Morgan fingerprint density at radius 1 is 1.08 bits per heavy atom. The quantitative estimate of drug-likeness (QED) is 0.363. The summed E-state index contributed by atoms with van der Waals surface area (Å²) < 4.78 is 11.8. The van der Waals surface area contributed by atoms with Gasteiger partial charge in [0.15, 0.2) is 5.96 Å². The van der Waals surface area contributed by atoms with E-state index in [0.29, 0.717) is 6.04 Å². The summed E-state index contributed by atoms with van der Waals surface area (Å²) in [7, 11) is 4.41. The highest BCUT2D eigenvalue weighted by atomic mass is 127. The van der Waals surface area contributed by atoms with Crippen LogP contribution in [0.5, 0.6) is 0 Å². The summed E-state index contributed by atoms with van der Waals surface area (Å²) in [5, 5.41) is 3.48. The lowest BCUT2D eigenvalue weighted by atomic mass is 10.1. The van der Waals surface area contributed by atoms with Gasteiger partial charge in [0.05, 0.1) is 19.3 Å². The zero-order chi connectivity index (χ0) is 17.6. The summed E-state index contributed by atoms with van der Waals surface area (Å²) >= 11 is 0. The third-order valence-electron chi connectivity index (χ3n) is 5.54. The Hall–Kier alpha value is -0.160. The standard InChI is InChI=1S/C18H35N5O2.HI/c1-4-19-18(20-12-15-13-21(2)7-8-22(15)3)23-9-11-25-17(14-23)16-6-5-10-24-16;/h15-17H,4-14H2,1-3H3,(H,19,20);1H. The Labute approximate surface area is 175 Å². The highest BCUT2D eigenvalue weighted by molar-refractivity contribution is 14.0. The SMILES string of the molecule is CCNC(=NCC1CN(C)CCN1C)N1CCOC(C2CCCO2)C1.I. The fourth-order valence-electron chi connectivity index (χ4n) is 3.90. The van der Waals surface area contributed by atoms with Crippen LogP contribution in [-0.4, -0.2) is 112 Å². The largest absolute Gasteiger partial charge is 0.375 e. The lowest BCUT2D eigenvalue weighted by Crippen LogP contribution is -2.54. The van der Waals surface area contributed by atoms with Crippen molar-refractivity contribution in [2.45, 2.75) is 38.0 Å². The van der Waals surface area contributed by atoms with Gasteiger partial charge in [-0.15, -0.1) is 24.0 Å². The molecule has 26 heavy (non-hydrogen) atoms. The molecular formula is C18H36IN5O2. The zero-order valence-corrected chi connectivity index (χ0v) is 18.9. The van der Waals surface area contributed by atoms with Crippen LogP contribution in [0.3, 0.4) is 0 Å². The van der Waals surface area contributed by atoms with E-state index in [1.54, 1.807) is 0 Å². The first-order chi connectivity index (χ1) is 12.2. The Kier molecular flexibility index (Phi) is 9.36. The molecule has 0 radical (unpaired) electrons. The molecule has 3 rings (SSSR count). The van der Waals surface area contributed by atoms with Crippen LogP contribution in [0.25, 0.3) is 0 Å². The second kappa shape index (κ2) is 11.0. The van der Waals surface area contributed by atoms with Crippen molar-refractivity contribution in [3.05, 3.63) is 0 Å². The lowest BCUT2D eigenvalue weighted by molar-refractivity contribution is -0.0817. The molecule has 3 saturated heterocycles. The Morgan fingerprint density at radius 2 is 1.88 bits per heavy atom. The molecule has 7 nitrogen and oxygen atoms in total. The first kappa shape index (κ1) is 22.1. The molecule has 3 fully saturated rings. The number of nitrogens with zero attached hydrogens (tertiary/aromatic N) is 4. The fraction of sp³-hybridized carbons (Fsp3) is 0.944. The number of ether oxygens (including phenoxy) is 2. The lowest BCUT2D eigenvalue weighted by Gasteiger charge is -2.39. The number of hydrogen-bond donors (Lipinski definition) is 1. The number of nitrogens with one attached hydrogen (secondary N) is 1. The number of aliphatic imine (C=N–C) groups is 1. The first-order valence-electron chi connectivity index (χ1n) is 9.82. The molecule has 3 aliphatic rings. The topological polar surface area (TPSA) is 52.6 Å². The van der Waals surface area contributed by atoms with Gasteiger partial charge in [-0.1, -0.05) is 0 Å². The molecule has 8 heteroatoms. The van der Waals surface area contributed by atoms with Crippen molar-refractivity contribution in [2.24, 2.45) is 4.99 Å². The number of morpholine rings is 1. The van der Waals surface area contributed by atoms with Crippen molar-refractivity contribution in [3.63, 3.8) is 0 Å². The van der Waals surface area contributed by atoms with Crippen LogP contribution in [0.4, 0.5) is 0 Å². The van der Waals surface area contributed by atoms with Crippen LogP contribution in [-0.2, 0) is 9.47 Å². The van der Waals surface area contributed by atoms with E-state index in [0.717, 1.165) is 77.8 Å². The average Bonchev–Trinajstić information content (AvgIpc) is 3.16. The first-order valence-corrected chi connectivity index (χ1v) is 9.82. The predicted molar refractivity (Wildman–Crippen MR) is 116 cm³/mol. The minimum absolute atomic E-state index is 0. The molecule has 0 saturated carbocycles. The molecule has 3 unspecified atom stereocenters. The normalized spacial score (nSPS) is 31.7. The van der Waals surface area contributed by atoms with E-state index >= 15 is 0 Å². The molecule has 0 aliphatic carbocycles. The van der Waals surface area contributed by atoms with Crippen LogP contribution in [0.1, 0.15) is 19.8 Å². The van der Waals surface area contributed by atoms with Crippen LogP contribution in [0.2, 0.25) is 0 Å². The van der Waals surface area contributed by atoms with Gasteiger partial charge in [-0.2, -0.15) is 0 Å². The van der Waals surface area contributed by atoms with Crippen LogP contribution < -0.4 is 5.32 Å². The van der Waals surface area contributed by atoms with Gasteiger partial charge in [0, 0.05) is 51.9 Å². The molecule has 0 amide bonds. The van der Waals surface area contributed by atoms with E-state index in [4.69, 9.17) is 14.5 Å². The van der Waals surface area contributed by atoms with E-state index in [2.05, 4.69) is 41.0 Å². The predicted octanol–water partition coefficient (Wildman–Crippen LogP) is 0.696. The van der Waals surface area contributed by atoms with Gasteiger partial charge in [0.25, 0.3) is 0 Å². The summed E-state index contributed by atoms with van der Waals surface area (Å²) in [5.41, 5.74) is 0. The minimum atomic E-state index is 0. The minimum Gasteiger partial charge on any atom is -0.375 e. The third-order valence-corrected chi connectivity index (χ3v) is 5.54. The molecule has 3 aliphatic heterocycles. The number of likely N-dealkylation sites (N-methyl/N-ethyl adjacent to an activating group) is 2. The van der Waals surface area contributed by atoms with Gasteiger partial charge in [-0.3, -0.25) is 9.89 Å². The van der Waals surface area contributed by atoms with E-state index in [9.17, 15) is 0 Å². The van der Waals surface area contributed by atoms with Crippen molar-refractivity contribution in [1.82, 2.24) is 20.0 Å². The van der Waals surface area contributed by atoms with Gasteiger partial charge in [0.2, 0.25) is 0 Å². The van der Waals surface area contributed by atoms with E-state index < -0.39 is 0 Å². The monoisotopic (exact) mass is 481 g/mol. The smallest absolute Gasteiger partial charge is 0.194 e. The van der Waals surface area contributed by atoms with Gasteiger partial charge >= 0.3 is 0 Å². The Morgan fingerprint density at radius 3 is 2.62 bits per heavy atom. The molecule has 3 atom stereocenters. The van der Waals surface area contributed by atoms with Gasteiger partial charge < -0.3 is 24.6 Å². The van der Waals surface area contributed by atoms with Gasteiger partial charge in [0.1, 0.15) is 6.10 Å². The van der Waals surface area contributed by atoms with Crippen molar-refractivity contribution in [2.75, 3.05) is 73.1 Å². The molecule has 3 heterocycles. The summed E-state index contributed by atoms with van der Waals surface area (Å²) in [6.07, 6.45) is 2.69. The zero-order valence-electron chi connectivity index (χ0n) is 16.5. The van der Waals surface area contributed by atoms with Gasteiger partial charge in [-0.25, -0.2) is 0 Å². The maximum atomic E-state index is 5.98. The molecule has 1 N–H and O–H groups in total. The van der Waals surface area contributed by atoms with Crippen molar-refractivity contribution >= 4 is 29.9 Å². The van der Waals surface area contributed by atoms with Gasteiger partial charge in [-0.05, 0) is 33.9 Å². The fourth-order valence-corrected chi connectivity index (χ4v) is 3.90. The van der Waals surface area contributed by atoms with Crippen LogP contribution in [0, 0.1) is 0 Å². The Balaban J connectivity index is 0.00000243. The summed E-state index contributed by atoms with van der Waals surface area (Å²) in [4.78, 5) is 12.2. The van der Waals surface area contributed by atoms with E-state index in [1.165, 1.54) is 0 Å². The Bertz CT molecular complexity index is 447. The molecule has 0 aromatic rings. The maximum Gasteiger partial charge on any atom is 0.194 e. The highest BCUT2D eigenvalue weighted by Crippen LogP contribution is 2.21. The number of rotatable bonds is 4. The highest BCUT2D eigenvalue weighted by Gasteiger charge is 2.32. The number of hydrogen-bond acceptors (Lipinski definition) is 5. The summed E-state index contributed by atoms with van der Waals surface area (Å²) in [6, 6.07) is 0.488. The average molecular weight is 481 g/mol. The molecule has 0 aromatic carbocycles. The number of guanidine groups is 1. The number of piperazine rings is 1. The van der Waals surface area contributed by atoms with Crippen molar-refractivity contribution in [3.8, 4) is 0 Å². The van der Waals surface area contributed by atoms with Crippen molar-refractivity contribution < 1.29 is 9.47 Å². The molecule has 0 bridgehead atoms. The number of halogens is 1. The summed E-state index contributed by atoms with van der Waals surface area (Å²) in [5.74, 6) is 1.02. The molecule has 152 valence electrons. The third kappa shape index (κ3) is 5.92. The summed E-state index contributed by atoms with van der Waals surface area (Å²) in [6.45, 7) is 10.6. The maximum absolute atomic E-state index is 5.98. The van der Waals surface area contributed by atoms with E-state index in [1.807, 2.05) is 0 Å². The second-order valence-corrected chi connectivity index (χ2v) is 7.50. The van der Waals surface area contributed by atoms with E-state index in [-0.39, 0.29) is 36.2 Å². The molecule has 0 spiro atoms. The van der Waals surface area contributed by atoms with Crippen LogP contribution in [0.15, 0.2) is 4.99 Å².